The van der Waals surface area contributed by atoms with Crippen LogP contribution in [0.15, 0.2) is 18.2 Å². The van der Waals surface area contributed by atoms with Crippen molar-refractivity contribution in [3.05, 3.63) is 24.0 Å². The lowest BCUT2D eigenvalue weighted by atomic mass is 10.2. The van der Waals surface area contributed by atoms with Gasteiger partial charge in [-0.3, -0.25) is 0 Å². The minimum atomic E-state index is -6.25. The average Bonchev–Trinajstić information content (AvgIpc) is 2.51. The van der Waals surface area contributed by atoms with Gasteiger partial charge in [-0.25, -0.2) is 4.98 Å². The number of halogens is 9. The zero-order valence-corrected chi connectivity index (χ0v) is 14.3. The van der Waals surface area contributed by atoms with Gasteiger partial charge in [0.15, 0.2) is 5.75 Å². The van der Waals surface area contributed by atoms with E-state index in [1.54, 1.807) is 0 Å². The van der Waals surface area contributed by atoms with E-state index in [1.165, 1.54) is 0 Å². The SMILES string of the molecule is O=S(=O)(Oc1cccc2nc(C(F)(F)F)nc(OCCC(F)(F)F)c12)C(F)(F)F. The molecule has 0 radical (unpaired) electrons. The van der Waals surface area contributed by atoms with Crippen LogP contribution in [0, 0.1) is 0 Å². The summed E-state index contributed by atoms with van der Waals surface area (Å²) >= 11 is 0. The Labute approximate surface area is 155 Å². The van der Waals surface area contributed by atoms with Crippen molar-refractivity contribution in [3.63, 3.8) is 0 Å². The highest BCUT2D eigenvalue weighted by Gasteiger charge is 2.49. The van der Waals surface area contributed by atoms with Gasteiger partial charge in [0.2, 0.25) is 11.7 Å². The van der Waals surface area contributed by atoms with Gasteiger partial charge in [0.25, 0.3) is 0 Å². The maximum absolute atomic E-state index is 12.9. The second-order valence-electron chi connectivity index (χ2n) is 5.20. The number of ether oxygens (including phenoxy) is 1. The molecule has 0 bridgehead atoms. The van der Waals surface area contributed by atoms with Crippen LogP contribution in [-0.2, 0) is 16.3 Å². The normalized spacial score (nSPS) is 13.6. The van der Waals surface area contributed by atoms with Crippen LogP contribution in [-0.4, -0.2) is 36.7 Å². The molecule has 2 rings (SSSR count). The molecule has 1 heterocycles. The van der Waals surface area contributed by atoms with Crippen molar-refractivity contribution >= 4 is 21.0 Å². The first-order chi connectivity index (χ1) is 13.0. The van der Waals surface area contributed by atoms with E-state index in [-0.39, 0.29) is 0 Å². The Morgan fingerprint density at radius 3 is 2.07 bits per heavy atom. The van der Waals surface area contributed by atoms with Crippen LogP contribution in [0.25, 0.3) is 10.9 Å². The van der Waals surface area contributed by atoms with E-state index in [2.05, 4.69) is 18.9 Å². The molecule has 0 amide bonds. The third-order valence-electron chi connectivity index (χ3n) is 3.01. The fourth-order valence-electron chi connectivity index (χ4n) is 1.85. The molecule has 0 aliphatic rings. The Morgan fingerprint density at radius 1 is 0.931 bits per heavy atom. The zero-order valence-electron chi connectivity index (χ0n) is 13.5. The summed E-state index contributed by atoms with van der Waals surface area (Å²) in [6.45, 7) is -1.26. The molecule has 2 aromatic rings. The molecule has 6 nitrogen and oxygen atoms in total. The molecule has 0 saturated carbocycles. The Hall–Kier alpha value is -2.52. The minimum absolute atomic E-state index is 0.610. The fourth-order valence-corrected chi connectivity index (χ4v) is 2.32. The summed E-state index contributed by atoms with van der Waals surface area (Å²) in [5.74, 6) is -4.29. The van der Waals surface area contributed by atoms with Crippen LogP contribution in [0.4, 0.5) is 39.5 Å². The van der Waals surface area contributed by atoms with Crippen molar-refractivity contribution in [1.82, 2.24) is 9.97 Å². The average molecular weight is 458 g/mol. The summed E-state index contributed by atoms with van der Waals surface area (Å²) in [5, 5.41) is -0.893. The van der Waals surface area contributed by atoms with Gasteiger partial charge in [0, 0.05) is 0 Å². The summed E-state index contributed by atoms with van der Waals surface area (Å²) in [4.78, 5) is 5.89. The molecule has 0 aliphatic carbocycles. The van der Waals surface area contributed by atoms with E-state index in [0.717, 1.165) is 12.1 Å². The maximum Gasteiger partial charge on any atom is 0.534 e. The number of nitrogens with zero attached hydrogens (tertiary/aromatic N) is 2. The second kappa shape index (κ2) is 7.38. The number of hydrogen-bond donors (Lipinski definition) is 0. The molecule has 0 N–H and O–H groups in total. The third kappa shape index (κ3) is 5.51. The maximum atomic E-state index is 12.9. The summed E-state index contributed by atoms with van der Waals surface area (Å²) in [6, 6.07) is 2.24. The molecule has 0 unspecified atom stereocenters. The molecule has 1 aromatic heterocycles. The molecular formula is C13H7F9N2O4S. The van der Waals surface area contributed by atoms with Crippen LogP contribution in [0.2, 0.25) is 0 Å². The first kappa shape index (κ1) is 22.8. The van der Waals surface area contributed by atoms with E-state index < -0.39 is 69.4 Å². The number of alkyl halides is 9. The standard InChI is InChI=1S/C13H7F9N2O4S/c14-11(15,16)4-5-27-9-8-6(23-10(24-9)12(17,18)19)2-1-3-7(8)28-29(25,26)13(20,21)22/h1-3H,4-5H2. The molecule has 1 aromatic carbocycles. The molecule has 0 atom stereocenters. The zero-order chi connectivity index (χ0) is 22.3. The van der Waals surface area contributed by atoms with E-state index in [9.17, 15) is 47.9 Å². The van der Waals surface area contributed by atoms with E-state index in [4.69, 9.17) is 0 Å². The van der Waals surface area contributed by atoms with Crippen molar-refractivity contribution in [2.75, 3.05) is 6.61 Å². The van der Waals surface area contributed by atoms with Gasteiger partial charge >= 0.3 is 28.0 Å². The molecular weight excluding hydrogens is 451 g/mol. The van der Waals surface area contributed by atoms with Crippen molar-refractivity contribution in [3.8, 4) is 11.6 Å². The van der Waals surface area contributed by atoms with E-state index >= 15 is 0 Å². The molecule has 0 fully saturated rings. The highest BCUT2D eigenvalue weighted by atomic mass is 32.2. The summed E-state index contributed by atoms with van der Waals surface area (Å²) in [6.07, 6.45) is -11.6. The Morgan fingerprint density at radius 2 is 1.55 bits per heavy atom. The Balaban J connectivity index is 2.62. The highest BCUT2D eigenvalue weighted by molar-refractivity contribution is 7.88. The van der Waals surface area contributed by atoms with Crippen molar-refractivity contribution in [2.24, 2.45) is 0 Å². The number of benzene rings is 1. The Kier molecular flexibility index (Phi) is 5.80. The number of aromatic nitrogens is 2. The quantitative estimate of drug-likeness (QED) is 0.380. The van der Waals surface area contributed by atoms with Gasteiger partial charge < -0.3 is 8.92 Å². The van der Waals surface area contributed by atoms with Crippen LogP contribution < -0.4 is 8.92 Å². The Bertz CT molecular complexity index is 1000. The molecule has 162 valence electrons. The minimum Gasteiger partial charge on any atom is -0.477 e. The lowest BCUT2D eigenvalue weighted by Crippen LogP contribution is -2.28. The summed E-state index contributed by atoms with van der Waals surface area (Å²) < 4.78 is 144. The first-order valence-corrected chi connectivity index (χ1v) is 8.50. The van der Waals surface area contributed by atoms with Gasteiger partial charge in [-0.2, -0.15) is 52.9 Å². The molecule has 0 aliphatic heterocycles. The van der Waals surface area contributed by atoms with Gasteiger partial charge in [-0.1, -0.05) is 6.07 Å². The molecule has 29 heavy (non-hydrogen) atoms. The predicted molar refractivity (Wildman–Crippen MR) is 76.3 cm³/mol. The lowest BCUT2D eigenvalue weighted by molar-refractivity contribution is -0.146. The van der Waals surface area contributed by atoms with Crippen LogP contribution >= 0.6 is 0 Å². The fraction of sp³-hybridized carbons (Fsp3) is 0.385. The topological polar surface area (TPSA) is 78.4 Å². The summed E-state index contributed by atoms with van der Waals surface area (Å²) in [7, 11) is -6.25. The summed E-state index contributed by atoms with van der Waals surface area (Å²) in [5.41, 5.74) is -6.66. The number of hydrogen-bond acceptors (Lipinski definition) is 6. The third-order valence-corrected chi connectivity index (χ3v) is 3.98. The van der Waals surface area contributed by atoms with E-state index in [1.807, 2.05) is 0 Å². The monoisotopic (exact) mass is 458 g/mol. The smallest absolute Gasteiger partial charge is 0.477 e. The van der Waals surface area contributed by atoms with Gasteiger partial charge in [0.1, 0.15) is 5.39 Å². The number of rotatable bonds is 5. The number of fused-ring (bicyclic) bond motifs is 1. The van der Waals surface area contributed by atoms with Gasteiger partial charge in [-0.05, 0) is 12.1 Å². The van der Waals surface area contributed by atoms with Crippen molar-refractivity contribution in [1.29, 1.82) is 0 Å². The van der Waals surface area contributed by atoms with Crippen LogP contribution in [0.1, 0.15) is 12.2 Å². The molecule has 0 saturated heterocycles. The van der Waals surface area contributed by atoms with Gasteiger partial charge in [0.05, 0.1) is 18.5 Å². The van der Waals surface area contributed by atoms with Crippen molar-refractivity contribution in [2.45, 2.75) is 24.3 Å². The second-order valence-corrected chi connectivity index (χ2v) is 6.74. The van der Waals surface area contributed by atoms with Crippen LogP contribution in [0.5, 0.6) is 11.6 Å². The van der Waals surface area contributed by atoms with Crippen molar-refractivity contribution < 1.29 is 56.9 Å². The predicted octanol–water partition coefficient (Wildman–Crippen LogP) is 4.21. The highest BCUT2D eigenvalue weighted by Crippen LogP contribution is 2.38. The molecule has 0 spiro atoms. The van der Waals surface area contributed by atoms with Gasteiger partial charge in [-0.15, -0.1) is 0 Å². The largest absolute Gasteiger partial charge is 0.534 e. The first-order valence-electron chi connectivity index (χ1n) is 7.09. The lowest BCUT2D eigenvalue weighted by Gasteiger charge is -2.15. The van der Waals surface area contributed by atoms with Crippen LogP contribution in [0.3, 0.4) is 0 Å². The van der Waals surface area contributed by atoms with E-state index in [0.29, 0.717) is 6.07 Å². The molecule has 16 heteroatoms.